The Balaban J connectivity index is 1.31. The molecule has 0 radical (unpaired) electrons. The van der Waals surface area contributed by atoms with Crippen LogP contribution in [0.2, 0.25) is 0 Å². The Morgan fingerprint density at radius 1 is 0.848 bits per heavy atom. The molecule has 1 N–H and O–H groups in total. The summed E-state index contributed by atoms with van der Waals surface area (Å²) in [7, 11) is 1.64. The van der Waals surface area contributed by atoms with Gasteiger partial charge in [0.05, 0.1) is 11.1 Å². The Morgan fingerprint density at radius 2 is 1.52 bits per heavy atom. The Labute approximate surface area is 190 Å². The van der Waals surface area contributed by atoms with Crippen LogP contribution in [0.3, 0.4) is 0 Å². The molecule has 0 saturated heterocycles. The predicted molar refractivity (Wildman–Crippen MR) is 130 cm³/mol. The largest absolute Gasteiger partial charge is 0.484 e. The molecule has 0 fully saturated rings. The SMILES string of the molecule is Cn1nc(-c2ccc(OCC(=O)Nc3cccc4ccccc34)cc2)c2ccccc2c1=O. The van der Waals surface area contributed by atoms with Crippen molar-refractivity contribution in [2.75, 3.05) is 11.9 Å². The highest BCUT2D eigenvalue weighted by molar-refractivity contribution is 6.02. The average molecular weight is 435 g/mol. The molecule has 1 aromatic heterocycles. The minimum atomic E-state index is -0.235. The lowest BCUT2D eigenvalue weighted by molar-refractivity contribution is -0.118. The van der Waals surface area contributed by atoms with Crippen molar-refractivity contribution >= 4 is 33.1 Å². The maximum Gasteiger partial charge on any atom is 0.274 e. The standard InChI is InChI=1S/C27H21N3O3/c1-30-27(32)23-11-5-4-10-22(23)26(29-30)19-13-15-20(16-14-19)33-17-25(31)28-24-12-6-8-18-7-2-3-9-21(18)24/h2-16H,17H2,1H3,(H,28,31). The second kappa shape index (κ2) is 8.59. The van der Waals surface area contributed by atoms with Crippen LogP contribution in [-0.4, -0.2) is 22.3 Å². The van der Waals surface area contributed by atoms with Crippen molar-refractivity contribution in [3.8, 4) is 17.0 Å². The topological polar surface area (TPSA) is 73.2 Å². The molecule has 0 aliphatic rings. The third-order valence-corrected chi connectivity index (χ3v) is 5.52. The fourth-order valence-corrected chi connectivity index (χ4v) is 3.89. The molecule has 0 saturated carbocycles. The summed E-state index contributed by atoms with van der Waals surface area (Å²) in [4.78, 5) is 24.8. The first-order valence-corrected chi connectivity index (χ1v) is 10.6. The molecule has 0 unspecified atom stereocenters. The van der Waals surface area contributed by atoms with Crippen molar-refractivity contribution in [1.82, 2.24) is 9.78 Å². The van der Waals surface area contributed by atoms with E-state index in [-0.39, 0.29) is 18.1 Å². The lowest BCUT2D eigenvalue weighted by Crippen LogP contribution is -2.20. The molecule has 1 heterocycles. The van der Waals surface area contributed by atoms with E-state index in [4.69, 9.17) is 4.74 Å². The van der Waals surface area contributed by atoms with Gasteiger partial charge >= 0.3 is 0 Å². The van der Waals surface area contributed by atoms with Crippen molar-refractivity contribution in [2.45, 2.75) is 0 Å². The molecule has 1 amide bonds. The molecular formula is C27H21N3O3. The van der Waals surface area contributed by atoms with E-state index in [2.05, 4.69) is 10.4 Å². The van der Waals surface area contributed by atoms with E-state index in [1.807, 2.05) is 72.8 Å². The maximum absolute atomic E-state index is 12.5. The van der Waals surface area contributed by atoms with Crippen LogP contribution in [0.4, 0.5) is 5.69 Å². The van der Waals surface area contributed by atoms with Crippen molar-refractivity contribution in [3.63, 3.8) is 0 Å². The first-order chi connectivity index (χ1) is 16.1. The van der Waals surface area contributed by atoms with E-state index >= 15 is 0 Å². The molecule has 0 spiro atoms. The minimum Gasteiger partial charge on any atom is -0.484 e. The van der Waals surface area contributed by atoms with Gasteiger partial charge in [0, 0.05) is 29.1 Å². The average Bonchev–Trinajstić information content (AvgIpc) is 2.86. The number of fused-ring (bicyclic) bond motifs is 2. The smallest absolute Gasteiger partial charge is 0.274 e. The Kier molecular flexibility index (Phi) is 5.32. The maximum atomic E-state index is 12.5. The van der Waals surface area contributed by atoms with Crippen LogP contribution < -0.4 is 15.6 Å². The third-order valence-electron chi connectivity index (χ3n) is 5.52. The van der Waals surface area contributed by atoms with E-state index in [9.17, 15) is 9.59 Å². The van der Waals surface area contributed by atoms with Crippen molar-refractivity contribution in [2.24, 2.45) is 7.05 Å². The molecule has 5 aromatic rings. The quantitative estimate of drug-likeness (QED) is 0.432. The summed E-state index contributed by atoms with van der Waals surface area (Å²) < 4.78 is 7.03. The second-order valence-corrected chi connectivity index (χ2v) is 7.71. The van der Waals surface area contributed by atoms with Gasteiger partial charge in [-0.25, -0.2) is 4.68 Å². The number of benzene rings is 4. The first kappa shape index (κ1) is 20.5. The van der Waals surface area contributed by atoms with Gasteiger partial charge in [-0.1, -0.05) is 54.6 Å². The molecule has 0 aliphatic heterocycles. The highest BCUT2D eigenvalue weighted by Gasteiger charge is 2.11. The number of amides is 1. The third kappa shape index (κ3) is 4.06. The van der Waals surface area contributed by atoms with Crippen LogP contribution in [-0.2, 0) is 11.8 Å². The molecule has 6 nitrogen and oxygen atoms in total. The highest BCUT2D eigenvalue weighted by Crippen LogP contribution is 2.26. The van der Waals surface area contributed by atoms with Crippen LogP contribution in [0.15, 0.2) is 95.8 Å². The van der Waals surface area contributed by atoms with Gasteiger partial charge in [-0.05, 0) is 41.8 Å². The monoisotopic (exact) mass is 435 g/mol. The first-order valence-electron chi connectivity index (χ1n) is 10.6. The zero-order chi connectivity index (χ0) is 22.8. The van der Waals surface area contributed by atoms with Gasteiger partial charge in [0.15, 0.2) is 6.61 Å². The number of rotatable bonds is 5. The summed E-state index contributed by atoms with van der Waals surface area (Å²) in [5, 5.41) is 10.8. The van der Waals surface area contributed by atoms with E-state index in [0.717, 1.165) is 27.4 Å². The van der Waals surface area contributed by atoms with E-state index in [0.29, 0.717) is 16.8 Å². The van der Waals surface area contributed by atoms with Gasteiger partial charge in [0.2, 0.25) is 0 Å². The summed E-state index contributed by atoms with van der Waals surface area (Å²) in [5.41, 5.74) is 2.19. The van der Waals surface area contributed by atoms with E-state index < -0.39 is 0 Å². The number of anilines is 1. The van der Waals surface area contributed by atoms with Gasteiger partial charge in [0.25, 0.3) is 11.5 Å². The van der Waals surface area contributed by atoms with Crippen LogP contribution in [0.5, 0.6) is 5.75 Å². The van der Waals surface area contributed by atoms with Crippen LogP contribution in [0, 0.1) is 0 Å². The number of nitrogens with one attached hydrogen (secondary N) is 1. The normalized spacial score (nSPS) is 10.9. The van der Waals surface area contributed by atoms with Gasteiger partial charge in [-0.2, -0.15) is 5.10 Å². The van der Waals surface area contributed by atoms with E-state index in [1.165, 1.54) is 4.68 Å². The summed E-state index contributed by atoms with van der Waals surface area (Å²) in [6.45, 7) is -0.108. The van der Waals surface area contributed by atoms with Gasteiger partial charge < -0.3 is 10.1 Å². The lowest BCUT2D eigenvalue weighted by Gasteiger charge is -2.11. The Morgan fingerprint density at radius 3 is 2.30 bits per heavy atom. The van der Waals surface area contributed by atoms with Crippen molar-refractivity contribution in [1.29, 1.82) is 0 Å². The number of hydrogen-bond acceptors (Lipinski definition) is 4. The number of hydrogen-bond donors (Lipinski definition) is 1. The van der Waals surface area contributed by atoms with Gasteiger partial charge in [0.1, 0.15) is 5.75 Å². The van der Waals surface area contributed by atoms with E-state index in [1.54, 1.807) is 25.2 Å². The molecule has 33 heavy (non-hydrogen) atoms. The lowest BCUT2D eigenvalue weighted by atomic mass is 10.1. The molecule has 4 aromatic carbocycles. The molecular weight excluding hydrogens is 414 g/mol. The van der Waals surface area contributed by atoms with Gasteiger partial charge in [-0.15, -0.1) is 0 Å². The molecule has 162 valence electrons. The number of aryl methyl sites for hydroxylation is 1. The molecule has 6 heteroatoms. The fourth-order valence-electron chi connectivity index (χ4n) is 3.89. The van der Waals surface area contributed by atoms with Crippen molar-refractivity contribution in [3.05, 3.63) is 101 Å². The number of ether oxygens (including phenoxy) is 1. The molecule has 0 bridgehead atoms. The zero-order valence-electron chi connectivity index (χ0n) is 18.0. The second-order valence-electron chi connectivity index (χ2n) is 7.71. The molecule has 0 atom stereocenters. The summed E-state index contributed by atoms with van der Waals surface area (Å²) in [6.07, 6.45) is 0. The highest BCUT2D eigenvalue weighted by atomic mass is 16.5. The number of carbonyl (C=O) groups is 1. The summed E-state index contributed by atoms with van der Waals surface area (Å²) in [6, 6.07) is 28.4. The fraction of sp³-hybridized carbons (Fsp3) is 0.0741. The Hall–Kier alpha value is -4.45. The summed E-state index contributed by atoms with van der Waals surface area (Å²) >= 11 is 0. The van der Waals surface area contributed by atoms with Crippen LogP contribution in [0.25, 0.3) is 32.8 Å². The Bertz CT molecular complexity index is 1530. The molecule has 0 aliphatic carbocycles. The van der Waals surface area contributed by atoms with Crippen molar-refractivity contribution < 1.29 is 9.53 Å². The van der Waals surface area contributed by atoms with Crippen LogP contribution >= 0.6 is 0 Å². The molecule has 5 rings (SSSR count). The van der Waals surface area contributed by atoms with Crippen LogP contribution in [0.1, 0.15) is 0 Å². The number of nitrogens with zero attached hydrogens (tertiary/aromatic N) is 2. The predicted octanol–water partition coefficient (Wildman–Crippen LogP) is 4.77. The zero-order valence-corrected chi connectivity index (χ0v) is 18.0. The summed E-state index contributed by atoms with van der Waals surface area (Å²) in [5.74, 6) is 0.335. The van der Waals surface area contributed by atoms with Gasteiger partial charge in [-0.3, -0.25) is 9.59 Å². The minimum absolute atomic E-state index is 0.108. The number of carbonyl (C=O) groups excluding carboxylic acids is 1. The number of aromatic nitrogens is 2.